The lowest BCUT2D eigenvalue weighted by atomic mass is 9.79. The molecule has 2 saturated heterocycles. The summed E-state index contributed by atoms with van der Waals surface area (Å²) in [7, 11) is 15.4. The van der Waals surface area contributed by atoms with Crippen molar-refractivity contribution >= 4 is 60.6 Å². The second kappa shape index (κ2) is 12.4. The summed E-state index contributed by atoms with van der Waals surface area (Å²) in [5, 5.41) is 14.4. The summed E-state index contributed by atoms with van der Waals surface area (Å²) >= 11 is 0. The summed E-state index contributed by atoms with van der Waals surface area (Å²) in [5.74, 6) is -1.35. The maximum absolute atomic E-state index is 13.9. The van der Waals surface area contributed by atoms with Gasteiger partial charge in [0.1, 0.15) is 27.3 Å². The molecule has 3 aromatic carbocycles. The molecule has 43 heavy (non-hydrogen) atoms. The number of carbonyl (C=O) groups is 1. The van der Waals surface area contributed by atoms with Crippen molar-refractivity contribution in [2.45, 2.75) is 25.3 Å². The van der Waals surface area contributed by atoms with Crippen molar-refractivity contribution in [3.8, 4) is 0 Å². The molecule has 0 unspecified atom stereocenters. The molecule has 4 aromatic rings. The van der Waals surface area contributed by atoms with Crippen LogP contribution in [0.3, 0.4) is 0 Å². The van der Waals surface area contributed by atoms with Crippen LogP contribution in [-0.2, 0) is 11.2 Å². The van der Waals surface area contributed by atoms with Crippen LogP contribution in [0.15, 0.2) is 42.5 Å². The summed E-state index contributed by atoms with van der Waals surface area (Å²) in [6, 6.07) is 10.7. The third-order valence-electron chi connectivity index (χ3n) is 8.19. The lowest BCUT2D eigenvalue weighted by Crippen LogP contribution is -2.48. The van der Waals surface area contributed by atoms with Gasteiger partial charge in [0.05, 0.1) is 11.1 Å². The standard InChI is InChI=1S/C31H32B2F2N6O2/c1-40-6-8-41(9-7-40)29-25(32)17-24(28(27(29)33)36-22-4-10-43-11-5-22)31(42)37-30-23-15-18(2-3-26(23)38-39-30)12-19-13-20(34)16-21(35)14-19/h2-3,13-17,22,36H,4-12H2,1H3,(H2,37,38,39,42). The molecule has 3 N–H and O–H groups in total. The number of hydrogen-bond acceptors (Lipinski definition) is 6. The van der Waals surface area contributed by atoms with Gasteiger partial charge in [-0.15, -0.1) is 0 Å². The first-order valence-electron chi connectivity index (χ1n) is 14.5. The largest absolute Gasteiger partial charge is 0.382 e. The van der Waals surface area contributed by atoms with Crippen molar-refractivity contribution in [3.05, 3.63) is 70.8 Å². The minimum atomic E-state index is -0.630. The number of piperazine rings is 1. The van der Waals surface area contributed by atoms with Gasteiger partial charge in [-0.1, -0.05) is 23.1 Å². The highest BCUT2D eigenvalue weighted by atomic mass is 19.1. The average molecular weight is 580 g/mol. The van der Waals surface area contributed by atoms with Gasteiger partial charge in [-0.3, -0.25) is 9.89 Å². The molecule has 0 atom stereocenters. The van der Waals surface area contributed by atoms with Crippen molar-refractivity contribution in [2.75, 3.05) is 62.0 Å². The minimum Gasteiger partial charge on any atom is -0.382 e. The Morgan fingerprint density at radius 2 is 1.74 bits per heavy atom. The molecule has 0 spiro atoms. The van der Waals surface area contributed by atoms with Crippen LogP contribution in [0.2, 0.25) is 0 Å². The highest BCUT2D eigenvalue weighted by Gasteiger charge is 2.26. The van der Waals surface area contributed by atoms with E-state index in [1.165, 1.54) is 12.1 Å². The third kappa shape index (κ3) is 6.40. The second-order valence-corrected chi connectivity index (χ2v) is 11.3. The fourth-order valence-electron chi connectivity index (χ4n) is 5.87. The number of nitrogens with one attached hydrogen (secondary N) is 3. The highest BCUT2D eigenvalue weighted by molar-refractivity contribution is 6.47. The smallest absolute Gasteiger partial charge is 0.258 e. The number of carbonyl (C=O) groups excluding carboxylic acids is 1. The van der Waals surface area contributed by atoms with E-state index in [4.69, 9.17) is 20.4 Å². The van der Waals surface area contributed by atoms with E-state index in [0.717, 1.165) is 56.3 Å². The number of anilines is 3. The summed E-state index contributed by atoms with van der Waals surface area (Å²) in [4.78, 5) is 18.3. The molecule has 0 saturated carbocycles. The highest BCUT2D eigenvalue weighted by Crippen LogP contribution is 2.27. The summed E-state index contributed by atoms with van der Waals surface area (Å²) in [6.45, 7) is 4.57. The first kappa shape index (κ1) is 29.2. The van der Waals surface area contributed by atoms with Gasteiger partial charge in [0.15, 0.2) is 5.82 Å². The number of amides is 1. The van der Waals surface area contributed by atoms with Crippen LogP contribution in [-0.4, -0.2) is 89.2 Å². The van der Waals surface area contributed by atoms with Gasteiger partial charge < -0.3 is 25.2 Å². The summed E-state index contributed by atoms with van der Waals surface area (Å²) in [6.07, 6.45) is 1.89. The molecule has 0 aliphatic carbocycles. The number of likely N-dealkylation sites (N-methyl/N-ethyl adjacent to an activating group) is 1. The molecule has 4 radical (unpaired) electrons. The Morgan fingerprint density at radius 3 is 2.47 bits per heavy atom. The van der Waals surface area contributed by atoms with Gasteiger partial charge in [-0.05, 0) is 61.7 Å². The molecule has 0 bridgehead atoms. The number of halogens is 2. The Hall–Kier alpha value is -3.89. The molecule has 2 fully saturated rings. The zero-order valence-electron chi connectivity index (χ0n) is 24.1. The van der Waals surface area contributed by atoms with Crippen LogP contribution in [0.5, 0.6) is 0 Å². The summed E-state index contributed by atoms with van der Waals surface area (Å²) < 4.78 is 33.0. The van der Waals surface area contributed by atoms with E-state index in [1.807, 2.05) is 18.2 Å². The number of hydrogen-bond donors (Lipinski definition) is 3. The molecule has 6 rings (SSSR count). The SMILES string of the molecule is [B]c1cc(C(=O)Nc2n[nH]c3ccc(Cc4cc(F)cc(F)c4)cc23)c(NC2CCOCC2)c([B])c1N1CCN(C)CC1. The average Bonchev–Trinajstić information content (AvgIpc) is 3.37. The molecule has 1 aromatic heterocycles. The molecule has 3 heterocycles. The van der Waals surface area contributed by atoms with E-state index in [2.05, 4.69) is 37.7 Å². The van der Waals surface area contributed by atoms with Crippen molar-refractivity contribution in [3.63, 3.8) is 0 Å². The van der Waals surface area contributed by atoms with Crippen LogP contribution in [0.25, 0.3) is 10.9 Å². The van der Waals surface area contributed by atoms with E-state index in [0.29, 0.717) is 64.1 Å². The molecular weight excluding hydrogens is 548 g/mol. The predicted octanol–water partition coefficient (Wildman–Crippen LogP) is 2.61. The van der Waals surface area contributed by atoms with Gasteiger partial charge in [0, 0.05) is 68.3 Å². The fourth-order valence-corrected chi connectivity index (χ4v) is 5.87. The molecule has 8 nitrogen and oxygen atoms in total. The Balaban J connectivity index is 1.31. The lowest BCUT2D eigenvalue weighted by molar-refractivity contribution is 0.0904. The third-order valence-corrected chi connectivity index (χ3v) is 8.19. The molecule has 2 aliphatic heterocycles. The van der Waals surface area contributed by atoms with Crippen molar-refractivity contribution < 1.29 is 18.3 Å². The number of aromatic amines is 1. The number of aromatic nitrogens is 2. The number of nitrogens with zero attached hydrogens (tertiary/aromatic N) is 3. The first-order valence-corrected chi connectivity index (χ1v) is 14.5. The van der Waals surface area contributed by atoms with Gasteiger partial charge in [-0.2, -0.15) is 5.10 Å². The number of rotatable bonds is 7. The van der Waals surface area contributed by atoms with Gasteiger partial charge in [-0.25, -0.2) is 8.78 Å². The minimum absolute atomic E-state index is 0.0907. The monoisotopic (exact) mass is 580 g/mol. The van der Waals surface area contributed by atoms with Crippen LogP contribution < -0.4 is 26.5 Å². The number of ether oxygens (including phenoxy) is 1. The maximum atomic E-state index is 13.9. The molecule has 1 amide bonds. The normalized spacial score (nSPS) is 16.5. The van der Waals surface area contributed by atoms with E-state index in [9.17, 15) is 13.6 Å². The van der Waals surface area contributed by atoms with Crippen molar-refractivity contribution in [1.29, 1.82) is 0 Å². The number of benzene rings is 3. The lowest BCUT2D eigenvalue weighted by Gasteiger charge is -2.37. The zero-order chi connectivity index (χ0) is 30.1. The Labute approximate surface area is 252 Å². The van der Waals surface area contributed by atoms with Crippen LogP contribution in [0, 0.1) is 11.6 Å². The molecule has 12 heteroatoms. The summed E-state index contributed by atoms with van der Waals surface area (Å²) in [5.41, 5.74) is 4.49. The van der Waals surface area contributed by atoms with E-state index < -0.39 is 17.5 Å². The number of fused-ring (bicyclic) bond motifs is 1. The Bertz CT molecular complexity index is 1630. The zero-order valence-corrected chi connectivity index (χ0v) is 24.1. The van der Waals surface area contributed by atoms with Gasteiger partial charge in [0.2, 0.25) is 0 Å². The van der Waals surface area contributed by atoms with Gasteiger partial charge in [0.25, 0.3) is 5.91 Å². The van der Waals surface area contributed by atoms with Crippen LogP contribution in [0.4, 0.5) is 26.0 Å². The molecular formula is C31H32B2F2N6O2. The second-order valence-electron chi connectivity index (χ2n) is 11.3. The van der Waals surface area contributed by atoms with Crippen molar-refractivity contribution in [2.24, 2.45) is 0 Å². The Morgan fingerprint density at radius 1 is 1.02 bits per heavy atom. The van der Waals surface area contributed by atoms with Gasteiger partial charge >= 0.3 is 0 Å². The molecule has 2 aliphatic rings. The predicted molar refractivity (Wildman–Crippen MR) is 168 cm³/mol. The Kier molecular flexibility index (Phi) is 8.41. The maximum Gasteiger partial charge on any atom is 0.258 e. The van der Waals surface area contributed by atoms with Crippen molar-refractivity contribution in [1.82, 2.24) is 15.1 Å². The number of H-pyrrole nitrogens is 1. The van der Waals surface area contributed by atoms with Crippen LogP contribution >= 0.6 is 0 Å². The topological polar surface area (TPSA) is 85.5 Å². The van der Waals surface area contributed by atoms with E-state index in [1.54, 1.807) is 6.07 Å². The quantitative estimate of drug-likeness (QED) is 0.292. The first-order chi connectivity index (χ1) is 20.7. The van der Waals surface area contributed by atoms with E-state index in [-0.39, 0.29) is 6.04 Å². The molecule has 218 valence electrons. The van der Waals surface area contributed by atoms with E-state index >= 15 is 0 Å². The fraction of sp³-hybridized carbons (Fsp3) is 0.355. The van der Waals surface area contributed by atoms with Crippen LogP contribution in [0.1, 0.15) is 34.3 Å².